The molecule has 2 rings (SSSR count). The SMILES string of the molecule is C=CC(CN)(Cc1cc(C)cc(C)c1)c1cc(C)cc(C)c1.CNCN. The van der Waals surface area contributed by atoms with E-state index in [0.717, 1.165) is 6.42 Å². The van der Waals surface area contributed by atoms with Crippen LogP contribution in [0.3, 0.4) is 0 Å². The lowest BCUT2D eigenvalue weighted by atomic mass is 9.74. The van der Waals surface area contributed by atoms with Crippen LogP contribution >= 0.6 is 0 Å². The molecule has 0 aromatic heterocycles. The lowest BCUT2D eigenvalue weighted by Crippen LogP contribution is -2.35. The molecule has 5 N–H and O–H groups in total. The molecule has 2 aromatic carbocycles. The summed E-state index contributed by atoms with van der Waals surface area (Å²) in [5.74, 6) is 0. The Balaban J connectivity index is 0.000000765. The summed E-state index contributed by atoms with van der Waals surface area (Å²) in [5, 5.41) is 2.71. The average molecular weight is 354 g/mol. The second-order valence-electron chi connectivity index (χ2n) is 7.17. The first-order valence-corrected chi connectivity index (χ1v) is 9.14. The zero-order chi connectivity index (χ0) is 19.7. The first-order chi connectivity index (χ1) is 12.3. The molecule has 2 aromatic rings. The Hall–Kier alpha value is -1.94. The Morgan fingerprint density at radius 2 is 1.31 bits per heavy atom. The molecule has 0 aliphatic carbocycles. The van der Waals surface area contributed by atoms with Crippen molar-refractivity contribution >= 4 is 0 Å². The van der Waals surface area contributed by atoms with Crippen molar-refractivity contribution < 1.29 is 0 Å². The van der Waals surface area contributed by atoms with Crippen molar-refractivity contribution in [2.24, 2.45) is 11.5 Å². The normalized spacial score (nSPS) is 12.7. The van der Waals surface area contributed by atoms with Gasteiger partial charge in [-0.3, -0.25) is 0 Å². The molecule has 142 valence electrons. The maximum atomic E-state index is 6.20. The van der Waals surface area contributed by atoms with Gasteiger partial charge in [0, 0.05) is 18.6 Å². The molecule has 0 radical (unpaired) electrons. The third-order valence-electron chi connectivity index (χ3n) is 4.56. The van der Waals surface area contributed by atoms with E-state index in [1.807, 2.05) is 6.08 Å². The van der Waals surface area contributed by atoms with E-state index in [0.29, 0.717) is 13.2 Å². The highest BCUT2D eigenvalue weighted by molar-refractivity contribution is 5.40. The van der Waals surface area contributed by atoms with E-state index in [1.165, 1.54) is 33.4 Å². The molecular formula is C23H35N3. The third kappa shape index (κ3) is 6.10. The molecule has 1 unspecified atom stereocenters. The minimum absolute atomic E-state index is 0.211. The number of aryl methyl sites for hydroxylation is 4. The zero-order valence-corrected chi connectivity index (χ0v) is 17.0. The molecule has 0 saturated heterocycles. The minimum atomic E-state index is -0.211. The summed E-state index contributed by atoms with van der Waals surface area (Å²) in [6.07, 6.45) is 2.91. The van der Waals surface area contributed by atoms with Crippen molar-refractivity contribution in [1.82, 2.24) is 5.32 Å². The molecule has 0 aliphatic rings. The van der Waals surface area contributed by atoms with Crippen LogP contribution in [-0.2, 0) is 11.8 Å². The van der Waals surface area contributed by atoms with E-state index in [-0.39, 0.29) is 5.41 Å². The Morgan fingerprint density at radius 1 is 0.885 bits per heavy atom. The number of benzene rings is 2. The predicted octanol–water partition coefficient (Wildman–Crippen LogP) is 3.67. The van der Waals surface area contributed by atoms with Crippen LogP contribution in [0.25, 0.3) is 0 Å². The molecule has 0 bridgehead atoms. The molecule has 1 atom stereocenters. The van der Waals surface area contributed by atoms with Crippen molar-refractivity contribution in [3.63, 3.8) is 0 Å². The molecule has 0 spiro atoms. The highest BCUT2D eigenvalue weighted by Crippen LogP contribution is 2.31. The molecule has 3 nitrogen and oxygen atoms in total. The van der Waals surface area contributed by atoms with Crippen LogP contribution in [0, 0.1) is 27.7 Å². The lowest BCUT2D eigenvalue weighted by Gasteiger charge is -2.31. The van der Waals surface area contributed by atoms with E-state index < -0.39 is 0 Å². The number of nitrogens with two attached hydrogens (primary N) is 2. The molecule has 0 aliphatic heterocycles. The van der Waals surface area contributed by atoms with Crippen molar-refractivity contribution in [3.05, 3.63) is 82.4 Å². The topological polar surface area (TPSA) is 64.1 Å². The van der Waals surface area contributed by atoms with E-state index in [2.05, 4.69) is 76.0 Å². The van der Waals surface area contributed by atoms with Gasteiger partial charge in [-0.25, -0.2) is 0 Å². The summed E-state index contributed by atoms with van der Waals surface area (Å²) in [6.45, 7) is 13.8. The minimum Gasteiger partial charge on any atom is -0.329 e. The first kappa shape index (κ1) is 22.1. The van der Waals surface area contributed by atoms with Crippen LogP contribution in [-0.4, -0.2) is 20.3 Å². The standard InChI is InChI=1S/C21H27N.C2H8N2/c1-6-21(14-22,20-11-17(4)8-18(5)12-20)13-19-9-15(2)7-16(3)10-19;1-4-2-3/h6-12H,1,13-14,22H2,2-5H3;4H,2-3H2,1H3. The van der Waals surface area contributed by atoms with Crippen molar-refractivity contribution in [2.45, 2.75) is 39.5 Å². The maximum absolute atomic E-state index is 6.20. The molecule has 0 fully saturated rings. The van der Waals surface area contributed by atoms with E-state index in [1.54, 1.807) is 7.05 Å². The van der Waals surface area contributed by atoms with Gasteiger partial charge in [0.2, 0.25) is 0 Å². The van der Waals surface area contributed by atoms with E-state index in [9.17, 15) is 0 Å². The summed E-state index contributed by atoms with van der Waals surface area (Å²) >= 11 is 0. The Labute approximate surface area is 159 Å². The van der Waals surface area contributed by atoms with Gasteiger partial charge < -0.3 is 16.8 Å². The second-order valence-corrected chi connectivity index (χ2v) is 7.17. The second kappa shape index (κ2) is 10.3. The fourth-order valence-electron chi connectivity index (χ4n) is 3.36. The quantitative estimate of drug-likeness (QED) is 0.548. The highest BCUT2D eigenvalue weighted by atomic mass is 14.9. The number of hydrogen-bond donors (Lipinski definition) is 3. The number of rotatable bonds is 6. The smallest absolute Gasteiger partial charge is 0.0426 e. The van der Waals surface area contributed by atoms with Crippen molar-refractivity contribution in [3.8, 4) is 0 Å². The van der Waals surface area contributed by atoms with Crippen LogP contribution < -0.4 is 16.8 Å². The monoisotopic (exact) mass is 353 g/mol. The van der Waals surface area contributed by atoms with Gasteiger partial charge in [0.1, 0.15) is 0 Å². The Kier molecular flexibility index (Phi) is 8.73. The van der Waals surface area contributed by atoms with Gasteiger partial charge in [-0.15, -0.1) is 6.58 Å². The van der Waals surface area contributed by atoms with Gasteiger partial charge in [-0.1, -0.05) is 64.7 Å². The van der Waals surface area contributed by atoms with Crippen molar-refractivity contribution in [2.75, 3.05) is 20.3 Å². The number of nitrogens with one attached hydrogen (secondary N) is 1. The van der Waals surface area contributed by atoms with Gasteiger partial charge in [0.25, 0.3) is 0 Å². The van der Waals surface area contributed by atoms with Crippen LogP contribution in [0.5, 0.6) is 0 Å². The van der Waals surface area contributed by atoms with Gasteiger partial charge in [0.05, 0.1) is 0 Å². The fourth-order valence-corrected chi connectivity index (χ4v) is 3.36. The van der Waals surface area contributed by atoms with Crippen LogP contribution in [0.1, 0.15) is 33.4 Å². The molecule has 0 saturated carbocycles. The molecule has 0 heterocycles. The Bertz CT molecular complexity index is 679. The fraction of sp³-hybridized carbons (Fsp3) is 0.391. The van der Waals surface area contributed by atoms with Crippen molar-refractivity contribution in [1.29, 1.82) is 0 Å². The largest absolute Gasteiger partial charge is 0.329 e. The van der Waals surface area contributed by atoms with Crippen LogP contribution in [0.2, 0.25) is 0 Å². The van der Waals surface area contributed by atoms with Gasteiger partial charge >= 0.3 is 0 Å². The maximum Gasteiger partial charge on any atom is 0.0426 e. The first-order valence-electron chi connectivity index (χ1n) is 9.14. The van der Waals surface area contributed by atoms with Crippen LogP contribution in [0.4, 0.5) is 0 Å². The summed E-state index contributed by atoms with van der Waals surface area (Å²) in [5.41, 5.74) is 18.6. The van der Waals surface area contributed by atoms with Crippen LogP contribution in [0.15, 0.2) is 49.1 Å². The Morgan fingerprint density at radius 3 is 1.65 bits per heavy atom. The summed E-state index contributed by atoms with van der Waals surface area (Å²) < 4.78 is 0. The lowest BCUT2D eigenvalue weighted by molar-refractivity contribution is 0.543. The molecule has 0 amide bonds. The molecular weight excluding hydrogens is 318 g/mol. The van der Waals surface area contributed by atoms with E-state index >= 15 is 0 Å². The predicted molar refractivity (Wildman–Crippen MR) is 115 cm³/mol. The summed E-state index contributed by atoms with van der Waals surface area (Å²) in [4.78, 5) is 0. The van der Waals surface area contributed by atoms with Gasteiger partial charge in [0.15, 0.2) is 0 Å². The number of hydrogen-bond acceptors (Lipinski definition) is 3. The third-order valence-corrected chi connectivity index (χ3v) is 4.56. The molecule has 26 heavy (non-hydrogen) atoms. The van der Waals surface area contributed by atoms with E-state index in [4.69, 9.17) is 11.5 Å². The zero-order valence-electron chi connectivity index (χ0n) is 17.0. The summed E-state index contributed by atoms with van der Waals surface area (Å²) in [6, 6.07) is 13.4. The van der Waals surface area contributed by atoms with Gasteiger partial charge in [-0.05, 0) is 52.3 Å². The summed E-state index contributed by atoms with van der Waals surface area (Å²) in [7, 11) is 1.81. The molecule has 3 heteroatoms. The highest BCUT2D eigenvalue weighted by Gasteiger charge is 2.28. The average Bonchev–Trinajstić information content (AvgIpc) is 2.58. The van der Waals surface area contributed by atoms with Gasteiger partial charge in [-0.2, -0.15) is 0 Å².